The summed E-state index contributed by atoms with van der Waals surface area (Å²) >= 11 is 12.2. The highest BCUT2D eigenvalue weighted by molar-refractivity contribution is 6.34. The molecule has 92 valence electrons. The van der Waals surface area contributed by atoms with Crippen LogP contribution in [0.5, 0.6) is 0 Å². The molecule has 0 radical (unpaired) electrons. The fourth-order valence-electron chi connectivity index (χ4n) is 1.72. The van der Waals surface area contributed by atoms with Crippen LogP contribution in [0.15, 0.2) is 42.5 Å². The number of carboxylic acids is 1. The molecule has 0 heterocycles. The molecule has 1 N–H and O–H groups in total. The van der Waals surface area contributed by atoms with Gasteiger partial charge in [0.05, 0.1) is 6.42 Å². The van der Waals surface area contributed by atoms with Crippen LogP contribution in [-0.4, -0.2) is 11.1 Å². The quantitative estimate of drug-likeness (QED) is 0.911. The van der Waals surface area contributed by atoms with Crippen molar-refractivity contribution >= 4 is 29.2 Å². The summed E-state index contributed by atoms with van der Waals surface area (Å²) in [5.41, 5.74) is 2.35. The second-order valence-corrected chi connectivity index (χ2v) is 4.67. The van der Waals surface area contributed by atoms with Crippen LogP contribution in [0.3, 0.4) is 0 Å². The maximum atomic E-state index is 10.7. The first-order valence-corrected chi connectivity index (χ1v) is 6.08. The van der Waals surface area contributed by atoms with Crippen LogP contribution in [0.25, 0.3) is 11.1 Å². The molecule has 2 rings (SSSR count). The molecule has 0 aromatic heterocycles. The standard InChI is InChI=1S/C14H10Cl2O2/c15-12-4-2-1-3-11(12)9-5-6-10(8-14(17)18)13(16)7-9/h1-7H,8H2,(H,17,18). The van der Waals surface area contributed by atoms with Crippen molar-refractivity contribution < 1.29 is 9.90 Å². The van der Waals surface area contributed by atoms with Crippen molar-refractivity contribution in [3.05, 3.63) is 58.1 Å². The van der Waals surface area contributed by atoms with Crippen molar-refractivity contribution in [2.45, 2.75) is 6.42 Å². The topological polar surface area (TPSA) is 37.3 Å². The molecule has 0 saturated carbocycles. The predicted octanol–water partition coefficient (Wildman–Crippen LogP) is 4.29. The molecule has 0 aliphatic carbocycles. The van der Waals surface area contributed by atoms with Gasteiger partial charge in [0.1, 0.15) is 0 Å². The van der Waals surface area contributed by atoms with E-state index in [0.717, 1.165) is 11.1 Å². The summed E-state index contributed by atoms with van der Waals surface area (Å²) in [7, 11) is 0. The minimum Gasteiger partial charge on any atom is -0.481 e. The van der Waals surface area contributed by atoms with Gasteiger partial charge in [0.25, 0.3) is 0 Å². The summed E-state index contributed by atoms with van der Waals surface area (Å²) < 4.78 is 0. The lowest BCUT2D eigenvalue weighted by Gasteiger charge is -2.07. The average molecular weight is 281 g/mol. The minimum atomic E-state index is -0.901. The molecule has 0 aliphatic rings. The maximum absolute atomic E-state index is 10.7. The number of carboxylic acid groups (broad SMARTS) is 1. The molecule has 2 aromatic rings. The molecule has 0 fully saturated rings. The van der Waals surface area contributed by atoms with Gasteiger partial charge in [-0.15, -0.1) is 0 Å². The van der Waals surface area contributed by atoms with Crippen LogP contribution < -0.4 is 0 Å². The average Bonchev–Trinajstić information content (AvgIpc) is 2.32. The van der Waals surface area contributed by atoms with Crippen LogP contribution in [-0.2, 0) is 11.2 Å². The Balaban J connectivity index is 2.40. The number of hydrogen-bond acceptors (Lipinski definition) is 1. The summed E-state index contributed by atoms with van der Waals surface area (Å²) in [6.07, 6.45) is -0.0817. The molecule has 0 amide bonds. The lowest BCUT2D eigenvalue weighted by atomic mass is 10.0. The van der Waals surface area contributed by atoms with Crippen molar-refractivity contribution in [2.24, 2.45) is 0 Å². The zero-order valence-corrected chi connectivity index (χ0v) is 10.9. The van der Waals surface area contributed by atoms with Crippen LogP contribution in [0.4, 0.5) is 0 Å². The molecule has 0 aliphatic heterocycles. The smallest absolute Gasteiger partial charge is 0.307 e. The number of halogens is 2. The van der Waals surface area contributed by atoms with Crippen molar-refractivity contribution in [1.29, 1.82) is 0 Å². The maximum Gasteiger partial charge on any atom is 0.307 e. The van der Waals surface area contributed by atoms with Gasteiger partial charge in [-0.05, 0) is 23.3 Å². The third-order valence-electron chi connectivity index (χ3n) is 2.58. The molecule has 2 nitrogen and oxygen atoms in total. The van der Waals surface area contributed by atoms with Gasteiger partial charge < -0.3 is 5.11 Å². The first-order chi connectivity index (χ1) is 8.58. The van der Waals surface area contributed by atoms with E-state index in [0.29, 0.717) is 15.6 Å². The highest BCUT2D eigenvalue weighted by Crippen LogP contribution is 2.30. The zero-order valence-electron chi connectivity index (χ0n) is 9.36. The van der Waals surface area contributed by atoms with Gasteiger partial charge in [-0.25, -0.2) is 0 Å². The lowest BCUT2D eigenvalue weighted by molar-refractivity contribution is -0.136. The third kappa shape index (κ3) is 2.84. The summed E-state index contributed by atoms with van der Waals surface area (Å²) in [5.74, 6) is -0.901. The molecule has 0 atom stereocenters. The molecule has 2 aromatic carbocycles. The Morgan fingerprint density at radius 2 is 1.78 bits per heavy atom. The van der Waals surface area contributed by atoms with Gasteiger partial charge in [0.2, 0.25) is 0 Å². The Morgan fingerprint density at radius 3 is 2.39 bits per heavy atom. The molecule has 18 heavy (non-hydrogen) atoms. The van der Waals surface area contributed by atoms with Gasteiger partial charge >= 0.3 is 5.97 Å². The summed E-state index contributed by atoms with van der Waals surface area (Å²) in [5, 5.41) is 9.82. The van der Waals surface area contributed by atoms with Crippen LogP contribution in [0.1, 0.15) is 5.56 Å². The number of benzene rings is 2. The van der Waals surface area contributed by atoms with E-state index in [2.05, 4.69) is 0 Å². The van der Waals surface area contributed by atoms with Gasteiger partial charge in [0.15, 0.2) is 0 Å². The zero-order chi connectivity index (χ0) is 13.1. The first kappa shape index (κ1) is 12.9. The van der Waals surface area contributed by atoms with Crippen molar-refractivity contribution in [3.8, 4) is 11.1 Å². The second kappa shape index (κ2) is 5.42. The molecular formula is C14H10Cl2O2. The summed E-state index contributed by atoms with van der Waals surface area (Å²) in [6, 6.07) is 12.7. The molecular weight excluding hydrogens is 271 g/mol. The molecule has 0 unspecified atom stereocenters. The lowest BCUT2D eigenvalue weighted by Crippen LogP contribution is -2.00. The Labute approximate surface area is 115 Å². The van der Waals surface area contributed by atoms with Crippen LogP contribution in [0.2, 0.25) is 10.0 Å². The number of rotatable bonds is 3. The third-order valence-corrected chi connectivity index (χ3v) is 3.26. The highest BCUT2D eigenvalue weighted by Gasteiger charge is 2.08. The van der Waals surface area contributed by atoms with E-state index in [1.54, 1.807) is 18.2 Å². The molecule has 0 bridgehead atoms. The molecule has 0 saturated heterocycles. The van der Waals surface area contributed by atoms with E-state index in [4.69, 9.17) is 28.3 Å². The first-order valence-electron chi connectivity index (χ1n) is 5.33. The van der Waals surface area contributed by atoms with Gasteiger partial charge in [-0.2, -0.15) is 0 Å². The van der Waals surface area contributed by atoms with Crippen molar-refractivity contribution in [1.82, 2.24) is 0 Å². The van der Waals surface area contributed by atoms with Crippen molar-refractivity contribution in [3.63, 3.8) is 0 Å². The van der Waals surface area contributed by atoms with Gasteiger partial charge in [-0.1, -0.05) is 53.5 Å². The number of aliphatic carboxylic acids is 1. The number of carbonyl (C=O) groups is 1. The predicted molar refractivity (Wildman–Crippen MR) is 73.2 cm³/mol. The van der Waals surface area contributed by atoms with Crippen LogP contribution >= 0.6 is 23.2 Å². The Kier molecular flexibility index (Phi) is 3.90. The van der Waals surface area contributed by atoms with E-state index in [9.17, 15) is 4.79 Å². The summed E-state index contributed by atoms with van der Waals surface area (Å²) in [4.78, 5) is 10.7. The largest absolute Gasteiger partial charge is 0.481 e. The fraction of sp³-hybridized carbons (Fsp3) is 0.0714. The highest BCUT2D eigenvalue weighted by atomic mass is 35.5. The van der Waals surface area contributed by atoms with E-state index < -0.39 is 5.97 Å². The van der Waals surface area contributed by atoms with Gasteiger partial charge in [-0.3, -0.25) is 4.79 Å². The van der Waals surface area contributed by atoms with E-state index in [1.165, 1.54) is 0 Å². The fourth-order valence-corrected chi connectivity index (χ4v) is 2.21. The summed E-state index contributed by atoms with van der Waals surface area (Å²) in [6.45, 7) is 0. The van der Waals surface area contributed by atoms with E-state index in [-0.39, 0.29) is 6.42 Å². The normalized spacial score (nSPS) is 10.3. The SMILES string of the molecule is O=C(O)Cc1ccc(-c2ccccc2Cl)cc1Cl. The Morgan fingerprint density at radius 1 is 1.06 bits per heavy atom. The van der Waals surface area contributed by atoms with E-state index >= 15 is 0 Å². The minimum absolute atomic E-state index is 0.0817. The Bertz CT molecular complexity index is 594. The van der Waals surface area contributed by atoms with Gasteiger partial charge in [0, 0.05) is 15.6 Å². The molecule has 4 heteroatoms. The van der Waals surface area contributed by atoms with Crippen LogP contribution in [0, 0.1) is 0 Å². The second-order valence-electron chi connectivity index (χ2n) is 3.86. The van der Waals surface area contributed by atoms with E-state index in [1.807, 2.05) is 24.3 Å². The Hall–Kier alpha value is -1.51. The molecule has 0 spiro atoms. The number of hydrogen-bond donors (Lipinski definition) is 1. The monoisotopic (exact) mass is 280 g/mol. The van der Waals surface area contributed by atoms with Crippen molar-refractivity contribution in [2.75, 3.05) is 0 Å².